The topological polar surface area (TPSA) is 128 Å². The number of nitrogens with zero attached hydrogens (tertiary/aromatic N) is 2. The van der Waals surface area contributed by atoms with Crippen LogP contribution >= 0.6 is 0 Å². The number of methoxy groups -OCH3 is 1. The number of alkyl halides is 3. The second kappa shape index (κ2) is 7.56. The highest BCUT2D eigenvalue weighted by atomic mass is 19.4. The molecule has 0 aliphatic rings. The van der Waals surface area contributed by atoms with Crippen LogP contribution in [0.5, 0.6) is 11.6 Å². The standard InChI is InChI=1S/C17H13BF3N3O5/c1-28-14-6-11(17(19,20)21)12(18(26)27)5-10(14)8-2-3-9-13(4-8)23-24-16(15(9)22)29-7-25/h2-7,26-27H,1H3,(H2,22,23). The summed E-state index contributed by atoms with van der Waals surface area (Å²) in [6, 6.07) is 6.17. The van der Waals surface area contributed by atoms with Crippen LogP contribution in [-0.4, -0.2) is 40.9 Å². The number of hydrogen-bond donors (Lipinski definition) is 3. The molecule has 0 radical (unpaired) electrons. The van der Waals surface area contributed by atoms with Gasteiger partial charge in [-0.05, 0) is 29.2 Å². The molecule has 29 heavy (non-hydrogen) atoms. The zero-order valence-electron chi connectivity index (χ0n) is 14.8. The zero-order valence-corrected chi connectivity index (χ0v) is 14.8. The highest BCUT2D eigenvalue weighted by molar-refractivity contribution is 6.59. The third-order valence-electron chi connectivity index (χ3n) is 4.19. The minimum atomic E-state index is -4.82. The number of fused-ring (bicyclic) bond motifs is 1. The summed E-state index contributed by atoms with van der Waals surface area (Å²) in [6.45, 7) is 0.148. The van der Waals surface area contributed by atoms with Gasteiger partial charge in [-0.15, -0.1) is 10.2 Å². The van der Waals surface area contributed by atoms with Crippen molar-refractivity contribution in [3.63, 3.8) is 0 Å². The average molecular weight is 407 g/mol. The maximum absolute atomic E-state index is 13.3. The minimum Gasteiger partial charge on any atom is -0.496 e. The van der Waals surface area contributed by atoms with Gasteiger partial charge in [0.1, 0.15) is 11.4 Å². The number of rotatable bonds is 5. The number of carbonyl (C=O) groups is 1. The molecule has 0 saturated carbocycles. The van der Waals surface area contributed by atoms with E-state index in [-0.39, 0.29) is 34.9 Å². The van der Waals surface area contributed by atoms with Gasteiger partial charge >= 0.3 is 13.3 Å². The zero-order chi connectivity index (χ0) is 21.3. The van der Waals surface area contributed by atoms with Gasteiger partial charge in [0.05, 0.1) is 18.2 Å². The number of nitrogen functional groups attached to an aromatic ring is 1. The van der Waals surface area contributed by atoms with Crippen LogP contribution in [0.2, 0.25) is 0 Å². The molecule has 0 bridgehead atoms. The molecule has 150 valence electrons. The van der Waals surface area contributed by atoms with Crippen molar-refractivity contribution in [2.24, 2.45) is 0 Å². The molecule has 0 saturated heterocycles. The Morgan fingerprint density at radius 3 is 2.48 bits per heavy atom. The highest BCUT2D eigenvalue weighted by Gasteiger charge is 2.37. The quantitative estimate of drug-likeness (QED) is 0.424. The third kappa shape index (κ3) is 3.80. The van der Waals surface area contributed by atoms with E-state index in [2.05, 4.69) is 14.9 Å². The summed E-state index contributed by atoms with van der Waals surface area (Å²) < 4.78 is 49.5. The number of halogens is 3. The molecule has 0 unspecified atom stereocenters. The first kappa shape index (κ1) is 20.4. The van der Waals surface area contributed by atoms with E-state index in [0.29, 0.717) is 17.0 Å². The first-order valence-corrected chi connectivity index (χ1v) is 7.99. The van der Waals surface area contributed by atoms with Crippen molar-refractivity contribution in [3.05, 3.63) is 35.9 Å². The number of benzene rings is 2. The van der Waals surface area contributed by atoms with Crippen molar-refractivity contribution in [2.75, 3.05) is 12.8 Å². The van der Waals surface area contributed by atoms with Gasteiger partial charge in [-0.2, -0.15) is 13.2 Å². The lowest BCUT2D eigenvalue weighted by molar-refractivity contribution is -0.137. The van der Waals surface area contributed by atoms with Crippen LogP contribution in [0, 0.1) is 0 Å². The lowest BCUT2D eigenvalue weighted by atomic mass is 9.75. The summed E-state index contributed by atoms with van der Waals surface area (Å²) in [7, 11) is -1.16. The Labute approximate surface area is 161 Å². The second-order valence-corrected chi connectivity index (χ2v) is 5.88. The first-order chi connectivity index (χ1) is 13.7. The van der Waals surface area contributed by atoms with Gasteiger partial charge < -0.3 is 25.3 Å². The summed E-state index contributed by atoms with van der Waals surface area (Å²) in [5.41, 5.74) is 4.78. The van der Waals surface area contributed by atoms with Gasteiger partial charge in [0.15, 0.2) is 0 Å². The van der Waals surface area contributed by atoms with Crippen molar-refractivity contribution in [1.82, 2.24) is 10.2 Å². The molecule has 4 N–H and O–H groups in total. The Balaban J connectivity index is 2.21. The van der Waals surface area contributed by atoms with Crippen LogP contribution in [0.4, 0.5) is 18.9 Å². The Kier molecular flexibility index (Phi) is 5.31. The highest BCUT2D eigenvalue weighted by Crippen LogP contribution is 2.37. The molecule has 0 atom stereocenters. The molecular formula is C17H13BF3N3O5. The SMILES string of the molecule is COc1cc(C(F)(F)F)c(B(O)O)cc1-c1ccc2c(N)c(OC=O)nnc2c1. The maximum atomic E-state index is 13.3. The van der Waals surface area contributed by atoms with Crippen LogP contribution < -0.4 is 20.7 Å². The number of nitrogens with two attached hydrogens (primary N) is 1. The molecule has 0 aliphatic heterocycles. The van der Waals surface area contributed by atoms with Crippen molar-refractivity contribution in [1.29, 1.82) is 0 Å². The van der Waals surface area contributed by atoms with Gasteiger partial charge in [0.25, 0.3) is 12.4 Å². The smallest absolute Gasteiger partial charge is 0.489 e. The fourth-order valence-electron chi connectivity index (χ4n) is 2.86. The number of carbonyl (C=O) groups excluding carboxylic acids is 1. The van der Waals surface area contributed by atoms with Crippen LogP contribution in [0.1, 0.15) is 5.56 Å². The van der Waals surface area contributed by atoms with Crippen molar-refractivity contribution >= 4 is 35.6 Å². The molecule has 2 aromatic carbocycles. The number of aromatic nitrogens is 2. The van der Waals surface area contributed by atoms with Gasteiger partial charge in [0, 0.05) is 10.9 Å². The minimum absolute atomic E-state index is 0.0551. The Morgan fingerprint density at radius 2 is 1.90 bits per heavy atom. The average Bonchev–Trinajstić information content (AvgIpc) is 2.68. The van der Waals surface area contributed by atoms with Crippen LogP contribution in [0.25, 0.3) is 22.0 Å². The molecule has 0 amide bonds. The van der Waals surface area contributed by atoms with Crippen molar-refractivity contribution < 1.29 is 37.5 Å². The Bertz CT molecular complexity index is 1090. The Morgan fingerprint density at radius 1 is 1.17 bits per heavy atom. The molecule has 3 aromatic rings. The number of hydrogen-bond acceptors (Lipinski definition) is 8. The van der Waals surface area contributed by atoms with Gasteiger partial charge in [0.2, 0.25) is 0 Å². The van der Waals surface area contributed by atoms with E-state index in [4.69, 9.17) is 10.5 Å². The molecule has 0 aliphatic carbocycles. The van der Waals surface area contributed by atoms with E-state index >= 15 is 0 Å². The maximum Gasteiger partial charge on any atom is 0.489 e. The largest absolute Gasteiger partial charge is 0.496 e. The third-order valence-corrected chi connectivity index (χ3v) is 4.19. The molecule has 1 aromatic heterocycles. The molecule has 3 rings (SSSR count). The predicted molar refractivity (Wildman–Crippen MR) is 97.5 cm³/mol. The van der Waals surface area contributed by atoms with Crippen LogP contribution in [-0.2, 0) is 11.0 Å². The van der Waals surface area contributed by atoms with E-state index in [1.807, 2.05) is 0 Å². The van der Waals surface area contributed by atoms with E-state index in [9.17, 15) is 28.0 Å². The Hall–Kier alpha value is -3.38. The predicted octanol–water partition coefficient (Wildman–Crippen LogP) is 1.12. The monoisotopic (exact) mass is 407 g/mol. The summed E-state index contributed by atoms with van der Waals surface area (Å²) in [5, 5.41) is 26.8. The molecule has 0 fully saturated rings. The fraction of sp³-hybridized carbons (Fsp3) is 0.118. The van der Waals surface area contributed by atoms with E-state index in [1.165, 1.54) is 25.3 Å². The van der Waals surface area contributed by atoms with Crippen molar-refractivity contribution in [2.45, 2.75) is 6.18 Å². The fourth-order valence-corrected chi connectivity index (χ4v) is 2.86. The van der Waals surface area contributed by atoms with E-state index in [0.717, 1.165) is 6.07 Å². The summed E-state index contributed by atoms with van der Waals surface area (Å²) in [4.78, 5) is 10.5. The normalized spacial score (nSPS) is 11.4. The van der Waals surface area contributed by atoms with Crippen LogP contribution in [0.3, 0.4) is 0 Å². The summed E-state index contributed by atoms with van der Waals surface area (Å²) >= 11 is 0. The number of ether oxygens (including phenoxy) is 2. The van der Waals surface area contributed by atoms with Gasteiger partial charge in [-0.25, -0.2) is 0 Å². The number of anilines is 1. The van der Waals surface area contributed by atoms with E-state index < -0.39 is 24.3 Å². The molecule has 12 heteroatoms. The van der Waals surface area contributed by atoms with Gasteiger partial charge in [-0.1, -0.05) is 12.1 Å². The first-order valence-electron chi connectivity index (χ1n) is 7.99. The molecule has 1 heterocycles. The lowest BCUT2D eigenvalue weighted by Crippen LogP contribution is -2.36. The van der Waals surface area contributed by atoms with Crippen LogP contribution in [0.15, 0.2) is 30.3 Å². The molecular weight excluding hydrogens is 394 g/mol. The van der Waals surface area contributed by atoms with E-state index in [1.54, 1.807) is 0 Å². The molecule has 8 nitrogen and oxygen atoms in total. The summed E-state index contributed by atoms with van der Waals surface area (Å²) in [5.74, 6) is -0.319. The van der Waals surface area contributed by atoms with Gasteiger partial charge in [-0.3, -0.25) is 4.79 Å². The summed E-state index contributed by atoms with van der Waals surface area (Å²) in [6.07, 6.45) is -4.82. The second-order valence-electron chi connectivity index (χ2n) is 5.88. The molecule has 0 spiro atoms. The lowest BCUT2D eigenvalue weighted by Gasteiger charge is -2.17. The van der Waals surface area contributed by atoms with Crippen molar-refractivity contribution in [3.8, 4) is 22.8 Å².